The Labute approximate surface area is 136 Å². The largest absolute Gasteiger partial charge is 0.310 e. The molecule has 0 amide bonds. The standard InChI is InChI=1S/C17H20Cl2N2/c1-2-10-21-16(9-8-13-5-4-11-20-12-13)14-6-3-7-15(18)17(14)19/h3-7,11-12,16,21H,2,8-10H2,1H3. The number of hydrogen-bond donors (Lipinski definition) is 1. The lowest BCUT2D eigenvalue weighted by Crippen LogP contribution is -2.23. The molecule has 0 aliphatic carbocycles. The number of halogens is 2. The van der Waals surface area contributed by atoms with Crippen LogP contribution >= 0.6 is 23.2 Å². The fourth-order valence-electron chi connectivity index (χ4n) is 2.33. The van der Waals surface area contributed by atoms with Gasteiger partial charge >= 0.3 is 0 Å². The van der Waals surface area contributed by atoms with Crippen molar-refractivity contribution in [3.05, 3.63) is 63.9 Å². The van der Waals surface area contributed by atoms with Crippen LogP contribution in [0.15, 0.2) is 42.7 Å². The Kier molecular flexibility index (Phi) is 6.50. The van der Waals surface area contributed by atoms with E-state index >= 15 is 0 Å². The van der Waals surface area contributed by atoms with E-state index in [-0.39, 0.29) is 6.04 Å². The molecule has 2 nitrogen and oxygen atoms in total. The van der Waals surface area contributed by atoms with Crippen LogP contribution in [0.3, 0.4) is 0 Å². The van der Waals surface area contributed by atoms with Crippen molar-refractivity contribution in [1.29, 1.82) is 0 Å². The number of hydrogen-bond acceptors (Lipinski definition) is 2. The predicted octanol–water partition coefficient (Wildman–Crippen LogP) is 5.06. The van der Waals surface area contributed by atoms with E-state index < -0.39 is 0 Å². The maximum absolute atomic E-state index is 6.36. The molecule has 2 rings (SSSR count). The molecule has 2 aromatic rings. The second kappa shape index (κ2) is 8.38. The summed E-state index contributed by atoms with van der Waals surface area (Å²) in [5, 5.41) is 4.82. The summed E-state index contributed by atoms with van der Waals surface area (Å²) >= 11 is 12.5. The monoisotopic (exact) mass is 322 g/mol. The van der Waals surface area contributed by atoms with E-state index in [2.05, 4.69) is 23.3 Å². The fourth-order valence-corrected chi connectivity index (χ4v) is 2.77. The maximum Gasteiger partial charge on any atom is 0.0640 e. The normalized spacial score (nSPS) is 12.3. The van der Waals surface area contributed by atoms with Crippen LogP contribution in [0.2, 0.25) is 10.0 Å². The van der Waals surface area contributed by atoms with E-state index in [0.717, 1.165) is 31.4 Å². The van der Waals surface area contributed by atoms with Crippen LogP contribution in [0.1, 0.15) is 36.9 Å². The zero-order valence-corrected chi connectivity index (χ0v) is 13.7. The van der Waals surface area contributed by atoms with Crippen molar-refractivity contribution in [2.75, 3.05) is 6.54 Å². The van der Waals surface area contributed by atoms with Crippen molar-refractivity contribution in [3.63, 3.8) is 0 Å². The van der Waals surface area contributed by atoms with Gasteiger partial charge in [-0.15, -0.1) is 0 Å². The number of benzene rings is 1. The molecule has 0 aliphatic rings. The van der Waals surface area contributed by atoms with Crippen LogP contribution in [0, 0.1) is 0 Å². The van der Waals surface area contributed by atoms with Gasteiger partial charge in [0.1, 0.15) is 0 Å². The first-order valence-electron chi connectivity index (χ1n) is 7.28. The number of nitrogens with one attached hydrogen (secondary N) is 1. The molecular weight excluding hydrogens is 303 g/mol. The third-order valence-electron chi connectivity index (χ3n) is 3.44. The second-order valence-corrected chi connectivity index (χ2v) is 5.83. The lowest BCUT2D eigenvalue weighted by Gasteiger charge is -2.20. The minimum absolute atomic E-state index is 0.205. The van der Waals surface area contributed by atoms with Crippen molar-refractivity contribution >= 4 is 23.2 Å². The van der Waals surface area contributed by atoms with Crippen molar-refractivity contribution in [2.24, 2.45) is 0 Å². The van der Waals surface area contributed by atoms with Crippen LogP contribution in [0.25, 0.3) is 0 Å². The summed E-state index contributed by atoms with van der Waals surface area (Å²) in [5.74, 6) is 0. The summed E-state index contributed by atoms with van der Waals surface area (Å²) < 4.78 is 0. The first-order valence-corrected chi connectivity index (χ1v) is 8.04. The molecule has 0 aliphatic heterocycles. The van der Waals surface area contributed by atoms with Gasteiger partial charge in [-0.3, -0.25) is 4.98 Å². The average molecular weight is 323 g/mol. The summed E-state index contributed by atoms with van der Waals surface area (Å²) in [7, 11) is 0. The summed E-state index contributed by atoms with van der Waals surface area (Å²) in [6.07, 6.45) is 6.71. The first-order chi connectivity index (χ1) is 10.2. The predicted molar refractivity (Wildman–Crippen MR) is 90.1 cm³/mol. The molecule has 0 fully saturated rings. The summed E-state index contributed by atoms with van der Waals surface area (Å²) in [4.78, 5) is 4.16. The van der Waals surface area contributed by atoms with Crippen LogP contribution in [0.4, 0.5) is 0 Å². The van der Waals surface area contributed by atoms with Gasteiger partial charge in [0, 0.05) is 18.4 Å². The van der Waals surface area contributed by atoms with Gasteiger partial charge in [0.15, 0.2) is 0 Å². The SMILES string of the molecule is CCCNC(CCc1cccnc1)c1cccc(Cl)c1Cl. The number of nitrogens with zero attached hydrogens (tertiary/aromatic N) is 1. The fraction of sp³-hybridized carbons (Fsp3) is 0.353. The van der Waals surface area contributed by atoms with E-state index in [1.165, 1.54) is 5.56 Å². The van der Waals surface area contributed by atoms with E-state index in [1.807, 2.05) is 30.5 Å². The molecule has 1 unspecified atom stereocenters. The number of rotatable bonds is 7. The van der Waals surface area contributed by atoms with Gasteiger partial charge in [0.2, 0.25) is 0 Å². The van der Waals surface area contributed by atoms with Crippen molar-refractivity contribution in [2.45, 2.75) is 32.2 Å². The van der Waals surface area contributed by atoms with Crippen LogP contribution in [0.5, 0.6) is 0 Å². The first kappa shape index (κ1) is 16.3. The minimum atomic E-state index is 0.205. The number of aryl methyl sites for hydroxylation is 1. The van der Waals surface area contributed by atoms with E-state index in [0.29, 0.717) is 10.0 Å². The third-order valence-corrected chi connectivity index (χ3v) is 4.28. The molecule has 1 N–H and O–H groups in total. The van der Waals surface area contributed by atoms with Crippen molar-refractivity contribution < 1.29 is 0 Å². The Balaban J connectivity index is 2.12. The molecular formula is C17H20Cl2N2. The topological polar surface area (TPSA) is 24.9 Å². The van der Waals surface area contributed by atoms with Crippen molar-refractivity contribution in [3.8, 4) is 0 Å². The lowest BCUT2D eigenvalue weighted by atomic mass is 9.99. The van der Waals surface area contributed by atoms with Crippen LogP contribution < -0.4 is 5.32 Å². The van der Waals surface area contributed by atoms with Gasteiger partial charge in [-0.2, -0.15) is 0 Å². The highest BCUT2D eigenvalue weighted by molar-refractivity contribution is 6.42. The van der Waals surface area contributed by atoms with Gasteiger partial charge in [0.05, 0.1) is 10.0 Å². The Morgan fingerprint density at radius 3 is 2.76 bits per heavy atom. The molecule has 4 heteroatoms. The Hall–Kier alpha value is -1.09. The molecule has 0 saturated carbocycles. The maximum atomic E-state index is 6.36. The molecule has 0 bridgehead atoms. The number of aromatic nitrogens is 1. The second-order valence-electron chi connectivity index (χ2n) is 5.05. The van der Waals surface area contributed by atoms with Gasteiger partial charge in [-0.05, 0) is 49.1 Å². The highest BCUT2D eigenvalue weighted by Crippen LogP contribution is 2.31. The van der Waals surface area contributed by atoms with Gasteiger partial charge in [0.25, 0.3) is 0 Å². The van der Waals surface area contributed by atoms with Crippen molar-refractivity contribution in [1.82, 2.24) is 10.3 Å². The Bertz CT molecular complexity index is 558. The minimum Gasteiger partial charge on any atom is -0.310 e. The molecule has 1 atom stereocenters. The zero-order chi connectivity index (χ0) is 15.1. The molecule has 0 saturated heterocycles. The lowest BCUT2D eigenvalue weighted by molar-refractivity contribution is 0.499. The van der Waals surface area contributed by atoms with Gasteiger partial charge in [-0.25, -0.2) is 0 Å². The quantitative estimate of drug-likeness (QED) is 0.770. The Morgan fingerprint density at radius 2 is 2.05 bits per heavy atom. The zero-order valence-electron chi connectivity index (χ0n) is 12.2. The van der Waals surface area contributed by atoms with E-state index in [1.54, 1.807) is 6.20 Å². The highest BCUT2D eigenvalue weighted by atomic mass is 35.5. The molecule has 1 heterocycles. The van der Waals surface area contributed by atoms with Crippen LogP contribution in [-0.4, -0.2) is 11.5 Å². The van der Waals surface area contributed by atoms with E-state index in [9.17, 15) is 0 Å². The molecule has 1 aromatic carbocycles. The third kappa shape index (κ3) is 4.70. The molecule has 0 spiro atoms. The molecule has 21 heavy (non-hydrogen) atoms. The van der Waals surface area contributed by atoms with E-state index in [4.69, 9.17) is 23.2 Å². The van der Waals surface area contributed by atoms with Gasteiger partial charge < -0.3 is 5.32 Å². The summed E-state index contributed by atoms with van der Waals surface area (Å²) in [6, 6.07) is 10.1. The van der Waals surface area contributed by atoms with Crippen LogP contribution in [-0.2, 0) is 6.42 Å². The molecule has 112 valence electrons. The van der Waals surface area contributed by atoms with Gasteiger partial charge in [-0.1, -0.05) is 48.3 Å². The summed E-state index contributed by atoms with van der Waals surface area (Å²) in [6.45, 7) is 3.12. The highest BCUT2D eigenvalue weighted by Gasteiger charge is 2.15. The Morgan fingerprint density at radius 1 is 1.19 bits per heavy atom. The number of pyridine rings is 1. The average Bonchev–Trinajstić information content (AvgIpc) is 2.52. The molecule has 1 aromatic heterocycles. The smallest absolute Gasteiger partial charge is 0.0640 e. The molecule has 0 radical (unpaired) electrons. The summed E-state index contributed by atoms with van der Waals surface area (Å²) in [5.41, 5.74) is 2.31.